The summed E-state index contributed by atoms with van der Waals surface area (Å²) in [5, 5.41) is 0. The molecule has 0 spiro atoms. The zero-order valence-electron chi connectivity index (χ0n) is 54.9. The number of hydrogen-bond acceptors (Lipinski definition) is 2. The fraction of sp³-hybridized carbons (Fsp3) is 0.280. The predicted molar refractivity (Wildman–Crippen MR) is 487 cm³/mol. The normalized spacial score (nSPS) is 12.1. The average molecular weight is 1170 g/mol. The summed E-state index contributed by atoms with van der Waals surface area (Å²) < 4.78 is 81.9. The molecule has 4 rings (SSSR count). The fourth-order valence-corrected chi connectivity index (χ4v) is 17.0. The smallest absolute Gasteiger partial charge is 0.263 e. The molecule has 366 valence electrons. The van der Waals surface area contributed by atoms with Gasteiger partial charge in [0.05, 0.1) is 16.1 Å². The number of anilines is 1. The predicted octanol–water partition coefficient (Wildman–Crippen LogP) is -18.1. The molecule has 0 aliphatic carbocycles. The molecule has 0 saturated carbocycles. The van der Waals surface area contributed by atoms with Crippen molar-refractivity contribution in [1.29, 1.82) is 0 Å². The highest BCUT2D eigenvalue weighted by atomic mass is 32.2. The number of alkyl halides is 3. The van der Waals surface area contributed by atoms with Gasteiger partial charge in [0.1, 0.15) is 5.82 Å². The van der Waals surface area contributed by atoms with Crippen LogP contribution in [-0.4, -0.2) is 468 Å². The van der Waals surface area contributed by atoms with E-state index in [9.17, 15) is 26.0 Å². The zero-order chi connectivity index (χ0) is 74.7. The van der Waals surface area contributed by atoms with E-state index < -0.39 is 232 Å². The maximum atomic E-state index is 14.1. The van der Waals surface area contributed by atoms with E-state index in [4.69, 9.17) is 255 Å². The second-order valence-electron chi connectivity index (χ2n) is 26.2. The van der Waals surface area contributed by atoms with Crippen LogP contribution in [0.25, 0.3) is 0 Å². The lowest BCUT2D eigenvalue weighted by Crippen LogP contribution is -2.97. The molecule has 0 fully saturated rings. The molecule has 97 heavy (non-hydrogen) atoms. The molecule has 1 heterocycles. The molecule has 3 aromatic carbocycles. The molecule has 3 nitrogen and oxygen atoms in total. The van der Waals surface area contributed by atoms with Gasteiger partial charge in [-0.25, -0.2) is 12.8 Å². The molecule has 0 aromatic heterocycles. The van der Waals surface area contributed by atoms with Gasteiger partial charge in [-0.05, 0) is 74.1 Å². The van der Waals surface area contributed by atoms with Crippen molar-refractivity contribution < 1.29 is 26.0 Å². The average Bonchev–Trinajstić information content (AvgIpc) is 0.729. The number of aryl methyl sites for hydroxylation is 3. The van der Waals surface area contributed by atoms with Gasteiger partial charge >= 0.3 is 6.18 Å². The first-order valence-electron chi connectivity index (χ1n) is 31.6. The van der Waals surface area contributed by atoms with Crippen LogP contribution in [0.4, 0.5) is 23.2 Å². The summed E-state index contributed by atoms with van der Waals surface area (Å²) in [6, 6.07) is 15.1. The Morgan fingerprint density at radius 2 is 0.711 bits per heavy atom. The Bertz CT molecular complexity index is 2750. The number of rotatable bonds is 35. The quantitative estimate of drug-likeness (QED) is 0.0435. The Labute approximate surface area is 638 Å². The first-order chi connectivity index (χ1) is 44.6. The van der Waals surface area contributed by atoms with Gasteiger partial charge in [-0.1, -0.05) is 42.0 Å². The minimum Gasteiger partial charge on any atom is -0.263 e. The van der Waals surface area contributed by atoms with E-state index in [0.717, 1.165) is 23.3 Å². The lowest BCUT2D eigenvalue weighted by molar-refractivity contribution is -0.137. The highest BCUT2D eigenvalue weighted by molar-refractivity contribution is 8.38. The van der Waals surface area contributed by atoms with Gasteiger partial charge in [0, 0.05) is 459 Å². The minimum absolute atomic E-state index is 0.0919. The van der Waals surface area contributed by atoms with E-state index in [1.807, 2.05) is 6.92 Å². The number of halogens is 4. The Morgan fingerprint density at radius 3 is 1.01 bits per heavy atom. The second-order valence-corrected chi connectivity index (χ2v) is 28.0. The summed E-state index contributed by atoms with van der Waals surface area (Å²) in [5.41, 5.74) is 1.65. The first kappa shape index (κ1) is 92.5. The maximum absolute atomic E-state index is 14.1. The Hall–Kier alpha value is 1.29. The van der Waals surface area contributed by atoms with Crippen LogP contribution < -0.4 is 4.31 Å². The molecule has 72 heteroatoms. The van der Waals surface area contributed by atoms with Crippen LogP contribution in [-0.2, 0) is 29.0 Å². The molecule has 1 aliphatic heterocycles. The maximum Gasteiger partial charge on any atom is 0.416 e. The highest BCUT2D eigenvalue weighted by Crippen LogP contribution is 2.38. The van der Waals surface area contributed by atoms with Crippen molar-refractivity contribution in [3.8, 4) is 0 Å². The minimum atomic E-state index is -4.45. The van der Waals surface area contributed by atoms with E-state index in [-0.39, 0.29) is 17.0 Å². The molecular formula is C25H23B64F4NO2S. The van der Waals surface area contributed by atoms with Gasteiger partial charge in [0.2, 0.25) is 0 Å². The van der Waals surface area contributed by atoms with Gasteiger partial charge in [-0.2, -0.15) is 13.2 Å². The van der Waals surface area contributed by atoms with Crippen molar-refractivity contribution in [3.05, 3.63) is 94.8 Å². The standard InChI is InChI=1S/C25H23F4NO2S.B64/c1-17-5-13-23(14-6-17)33(31,32)30-22(12-9-19-8-10-21(26)16-24(19)30)11-7-18-3-2-4-20(15-18)25(27,28)29;1-34(2)50(33)58(49(31)32)62(57(47(27)28)48(29)30)64(61(55(43(19)20)44(21)22)56(45(23)24)46(25)26)63(59(51(35(3)4)36(5)6)52(37(7)8)38(9)10)60(53(39(11)12)40(13)14)54(41(15)16)42(17)18/h2-6,8,10,13-16,22H,7,9,11-12H2,1H3;. The van der Waals surface area contributed by atoms with Crippen LogP contribution in [0.1, 0.15) is 35.1 Å². The largest absolute Gasteiger partial charge is 0.416 e. The van der Waals surface area contributed by atoms with E-state index in [0.29, 0.717) is 24.8 Å². The third kappa shape index (κ3) is 24.4. The molecular weight excluding hydrogens is 1150 g/mol. The number of nitrogens with zero attached hydrogens (tertiary/aromatic N) is 1. The van der Waals surface area contributed by atoms with E-state index in [1.165, 1.54) is 34.6 Å². The summed E-state index contributed by atoms with van der Waals surface area (Å²) in [5.74, 6) is -0.545. The number of sulfonamides is 1. The summed E-state index contributed by atoms with van der Waals surface area (Å²) in [6.45, 7) is 1.85. The SMILES string of the molecule is Cc1ccc(S(=O)(=O)N2c3cc(F)ccc3CCC2CCc2cccc(C(F)(F)F)c2)cc1.[B]B([B])B([B])B(B([B])[B])B(B(B([B])[B])B([B])[B])B(B(B(B([B])[B])B([B])[B])B(B([B])[B])B([B])[B])B(B(B(B([B])[B])B([B])[B])B(B([B])[B])B([B])[B])B(B(B([B])[B])B([B])[B])B(B([B])[B])B([B])[B]. The second kappa shape index (κ2) is 41.0. The first-order valence-corrected chi connectivity index (χ1v) is 33.1. The van der Waals surface area contributed by atoms with Crippen LogP contribution in [0.2, 0.25) is 0 Å². The number of hydrogen-bond donors (Lipinski definition) is 0. The monoisotopic (exact) mass is 1180 g/mol. The number of benzene rings is 3. The summed E-state index contributed by atoms with van der Waals surface area (Å²) in [6.07, 6.45) is -48.8. The van der Waals surface area contributed by atoms with Crippen LogP contribution in [0.5, 0.6) is 0 Å². The molecule has 1 aliphatic rings. The molecule has 0 bridgehead atoms. The molecule has 0 saturated heterocycles. The van der Waals surface area contributed by atoms with Gasteiger partial charge in [-0.15, -0.1) is 0 Å². The molecule has 0 N–H and O–H groups in total. The third-order valence-corrected chi connectivity index (χ3v) is 21.2. The number of fused-ring (bicyclic) bond motifs is 1. The van der Waals surface area contributed by atoms with E-state index >= 15 is 0 Å². The summed E-state index contributed by atoms with van der Waals surface area (Å²) in [4.78, 5) is 0.0919. The third-order valence-electron chi connectivity index (χ3n) is 19.3. The van der Waals surface area contributed by atoms with Crippen LogP contribution >= 0.6 is 0 Å². The molecule has 66 radical (unpaired) electrons. The van der Waals surface area contributed by atoms with Crippen LogP contribution in [0.15, 0.2) is 71.6 Å². The Morgan fingerprint density at radius 1 is 0.402 bits per heavy atom. The van der Waals surface area contributed by atoms with Gasteiger partial charge in [0.15, 0.2) is 0 Å². The van der Waals surface area contributed by atoms with E-state index in [2.05, 4.69) is 0 Å². The fourth-order valence-electron chi connectivity index (χ4n) is 15.3. The highest BCUT2D eigenvalue weighted by Gasteiger charge is 2.63. The van der Waals surface area contributed by atoms with Crippen molar-refractivity contribution in [2.75, 3.05) is 4.31 Å². The summed E-state index contributed by atoms with van der Waals surface area (Å²) in [7, 11) is 215. The lowest BCUT2D eigenvalue weighted by Gasteiger charge is -2.59. The zero-order valence-corrected chi connectivity index (χ0v) is 55.7. The van der Waals surface area contributed by atoms with Gasteiger partial charge in [0.25, 0.3) is 10.0 Å². The Balaban J connectivity index is 0.000000612. The van der Waals surface area contributed by atoms with Crippen LogP contribution in [0.3, 0.4) is 0 Å². The Kier molecular flexibility index (Phi) is 39.1. The van der Waals surface area contributed by atoms with E-state index in [1.54, 1.807) is 24.3 Å². The van der Waals surface area contributed by atoms with Crippen LogP contribution in [0, 0.1) is 12.7 Å². The molecule has 0 amide bonds. The van der Waals surface area contributed by atoms with Crippen molar-refractivity contribution >= 4 is 469 Å². The molecule has 1 atom stereocenters. The van der Waals surface area contributed by atoms with Crippen molar-refractivity contribution in [3.63, 3.8) is 0 Å². The topological polar surface area (TPSA) is 37.4 Å². The van der Waals surface area contributed by atoms with Crippen molar-refractivity contribution in [2.24, 2.45) is 0 Å². The van der Waals surface area contributed by atoms with Crippen molar-refractivity contribution in [2.45, 2.75) is 49.7 Å². The summed E-state index contributed by atoms with van der Waals surface area (Å²) >= 11 is 0. The lowest BCUT2D eigenvalue weighted by atomic mass is 8.22. The van der Waals surface area contributed by atoms with Gasteiger partial charge in [-0.3, -0.25) is 4.31 Å². The molecule has 1 unspecified atom stereocenters. The van der Waals surface area contributed by atoms with Crippen molar-refractivity contribution in [1.82, 2.24) is 0 Å². The van der Waals surface area contributed by atoms with Gasteiger partial charge < -0.3 is 0 Å². The molecule has 3 aromatic rings.